The Labute approximate surface area is 133 Å². The first kappa shape index (κ1) is 16.2. The Balaban J connectivity index is 1.98. The normalized spacial score (nSPS) is 10.5. The highest BCUT2D eigenvalue weighted by atomic mass is 16.2. The van der Waals surface area contributed by atoms with Gasteiger partial charge in [0.2, 0.25) is 5.91 Å². The van der Waals surface area contributed by atoms with E-state index in [0.29, 0.717) is 6.42 Å². The standard InChI is InChI=1S/C19H24N2O/c1-4-21(12-9-17-7-10-20-11-8-17)19(22)14-18-13-15(2)5-6-16(18)3/h5-8,10-11,13H,4,9,12,14H2,1-3H3. The summed E-state index contributed by atoms with van der Waals surface area (Å²) in [5, 5.41) is 0. The number of carbonyl (C=O) groups excluding carboxylic acids is 1. The third kappa shape index (κ3) is 4.42. The van der Waals surface area contributed by atoms with Crippen molar-refractivity contribution < 1.29 is 4.79 Å². The van der Waals surface area contributed by atoms with Crippen LogP contribution in [0.3, 0.4) is 0 Å². The molecule has 0 saturated heterocycles. The van der Waals surface area contributed by atoms with Gasteiger partial charge in [-0.15, -0.1) is 0 Å². The number of hydrogen-bond acceptors (Lipinski definition) is 2. The molecule has 2 aromatic rings. The molecule has 3 heteroatoms. The molecule has 0 unspecified atom stereocenters. The molecule has 0 bridgehead atoms. The first-order chi connectivity index (χ1) is 10.6. The van der Waals surface area contributed by atoms with Crippen molar-refractivity contribution in [3.63, 3.8) is 0 Å². The van der Waals surface area contributed by atoms with Crippen LogP contribution in [0.1, 0.15) is 29.2 Å². The van der Waals surface area contributed by atoms with Gasteiger partial charge in [0, 0.05) is 25.5 Å². The molecule has 1 aromatic carbocycles. The SMILES string of the molecule is CCN(CCc1ccncc1)C(=O)Cc1cc(C)ccc1C. The predicted molar refractivity (Wildman–Crippen MR) is 89.8 cm³/mol. The second kappa shape index (κ2) is 7.74. The Hall–Kier alpha value is -2.16. The molecule has 0 radical (unpaired) electrons. The molecule has 1 amide bonds. The van der Waals surface area contributed by atoms with Crippen LogP contribution >= 0.6 is 0 Å². The van der Waals surface area contributed by atoms with Crippen LogP contribution in [0.4, 0.5) is 0 Å². The zero-order chi connectivity index (χ0) is 15.9. The molecular formula is C19H24N2O. The molecule has 0 aliphatic heterocycles. The van der Waals surface area contributed by atoms with Gasteiger partial charge in [0.15, 0.2) is 0 Å². The van der Waals surface area contributed by atoms with E-state index in [0.717, 1.165) is 25.1 Å². The maximum Gasteiger partial charge on any atom is 0.227 e. The van der Waals surface area contributed by atoms with Gasteiger partial charge in [-0.05, 0) is 56.0 Å². The summed E-state index contributed by atoms with van der Waals surface area (Å²) >= 11 is 0. The van der Waals surface area contributed by atoms with Gasteiger partial charge in [-0.3, -0.25) is 9.78 Å². The summed E-state index contributed by atoms with van der Waals surface area (Å²) in [6.07, 6.45) is 4.94. The number of aryl methyl sites for hydroxylation is 2. The van der Waals surface area contributed by atoms with E-state index >= 15 is 0 Å². The van der Waals surface area contributed by atoms with Crippen molar-refractivity contribution in [1.82, 2.24) is 9.88 Å². The zero-order valence-electron chi connectivity index (χ0n) is 13.7. The number of nitrogens with zero attached hydrogens (tertiary/aromatic N) is 2. The van der Waals surface area contributed by atoms with Crippen LogP contribution < -0.4 is 0 Å². The Morgan fingerprint density at radius 1 is 1.14 bits per heavy atom. The largest absolute Gasteiger partial charge is 0.342 e. The molecule has 116 valence electrons. The summed E-state index contributed by atoms with van der Waals surface area (Å²) in [6, 6.07) is 10.3. The van der Waals surface area contributed by atoms with Gasteiger partial charge in [0.1, 0.15) is 0 Å². The lowest BCUT2D eigenvalue weighted by Gasteiger charge is -2.21. The topological polar surface area (TPSA) is 33.2 Å². The number of aromatic nitrogens is 1. The van der Waals surface area contributed by atoms with Gasteiger partial charge in [-0.25, -0.2) is 0 Å². The highest BCUT2D eigenvalue weighted by molar-refractivity contribution is 5.79. The maximum absolute atomic E-state index is 12.5. The quantitative estimate of drug-likeness (QED) is 0.819. The van der Waals surface area contributed by atoms with E-state index in [1.54, 1.807) is 12.4 Å². The van der Waals surface area contributed by atoms with Crippen molar-refractivity contribution in [1.29, 1.82) is 0 Å². The second-order valence-corrected chi connectivity index (χ2v) is 5.69. The van der Waals surface area contributed by atoms with Gasteiger partial charge < -0.3 is 4.90 Å². The Morgan fingerprint density at radius 2 is 1.86 bits per heavy atom. The number of benzene rings is 1. The lowest BCUT2D eigenvalue weighted by molar-refractivity contribution is -0.130. The average molecular weight is 296 g/mol. The number of carbonyl (C=O) groups is 1. The zero-order valence-corrected chi connectivity index (χ0v) is 13.7. The maximum atomic E-state index is 12.5. The fourth-order valence-corrected chi connectivity index (χ4v) is 2.54. The van der Waals surface area contributed by atoms with Crippen molar-refractivity contribution in [3.05, 3.63) is 65.0 Å². The van der Waals surface area contributed by atoms with Crippen LogP contribution in [0.25, 0.3) is 0 Å². The second-order valence-electron chi connectivity index (χ2n) is 5.69. The van der Waals surface area contributed by atoms with E-state index in [2.05, 4.69) is 37.0 Å². The van der Waals surface area contributed by atoms with Gasteiger partial charge in [0.25, 0.3) is 0 Å². The van der Waals surface area contributed by atoms with E-state index in [4.69, 9.17) is 0 Å². The predicted octanol–water partition coefficient (Wildman–Crippen LogP) is 3.33. The van der Waals surface area contributed by atoms with Crippen molar-refractivity contribution >= 4 is 5.91 Å². The van der Waals surface area contributed by atoms with E-state index in [1.165, 1.54) is 16.7 Å². The molecule has 2 rings (SSSR count). The number of amides is 1. The van der Waals surface area contributed by atoms with Crippen LogP contribution in [-0.4, -0.2) is 28.9 Å². The fourth-order valence-electron chi connectivity index (χ4n) is 2.54. The van der Waals surface area contributed by atoms with Crippen LogP contribution in [-0.2, 0) is 17.6 Å². The Bertz CT molecular complexity index is 623. The van der Waals surface area contributed by atoms with Crippen LogP contribution in [0, 0.1) is 13.8 Å². The van der Waals surface area contributed by atoms with Crippen LogP contribution in [0.15, 0.2) is 42.7 Å². The van der Waals surface area contributed by atoms with Crippen molar-refractivity contribution in [2.75, 3.05) is 13.1 Å². The van der Waals surface area contributed by atoms with E-state index in [-0.39, 0.29) is 5.91 Å². The summed E-state index contributed by atoms with van der Waals surface area (Å²) in [5.41, 5.74) is 4.73. The number of rotatable bonds is 6. The molecule has 0 saturated carbocycles. The van der Waals surface area contributed by atoms with Crippen molar-refractivity contribution in [2.45, 2.75) is 33.6 Å². The summed E-state index contributed by atoms with van der Waals surface area (Å²) in [7, 11) is 0. The van der Waals surface area contributed by atoms with E-state index < -0.39 is 0 Å². The molecule has 0 spiro atoms. The molecule has 0 fully saturated rings. The monoisotopic (exact) mass is 296 g/mol. The highest BCUT2D eigenvalue weighted by Crippen LogP contribution is 2.13. The minimum absolute atomic E-state index is 0.199. The van der Waals surface area contributed by atoms with E-state index in [9.17, 15) is 4.79 Å². The molecule has 22 heavy (non-hydrogen) atoms. The third-order valence-corrected chi connectivity index (χ3v) is 4.00. The molecule has 1 heterocycles. The first-order valence-electron chi connectivity index (χ1n) is 7.83. The lowest BCUT2D eigenvalue weighted by Crippen LogP contribution is -2.34. The number of likely N-dealkylation sites (N-methyl/N-ethyl adjacent to an activating group) is 1. The summed E-state index contributed by atoms with van der Waals surface area (Å²) in [4.78, 5) is 18.5. The van der Waals surface area contributed by atoms with Crippen molar-refractivity contribution in [3.8, 4) is 0 Å². The van der Waals surface area contributed by atoms with Gasteiger partial charge in [-0.1, -0.05) is 23.8 Å². The van der Waals surface area contributed by atoms with E-state index in [1.807, 2.05) is 24.0 Å². The minimum atomic E-state index is 0.199. The molecule has 3 nitrogen and oxygen atoms in total. The first-order valence-corrected chi connectivity index (χ1v) is 7.83. The van der Waals surface area contributed by atoms with Crippen LogP contribution in [0.2, 0.25) is 0 Å². The Kier molecular flexibility index (Phi) is 5.70. The highest BCUT2D eigenvalue weighted by Gasteiger charge is 2.13. The number of pyridine rings is 1. The summed E-state index contributed by atoms with van der Waals surface area (Å²) in [5.74, 6) is 0.199. The molecule has 1 aromatic heterocycles. The molecule has 0 N–H and O–H groups in total. The Morgan fingerprint density at radius 3 is 2.55 bits per heavy atom. The molecule has 0 aliphatic rings. The smallest absolute Gasteiger partial charge is 0.227 e. The minimum Gasteiger partial charge on any atom is -0.342 e. The third-order valence-electron chi connectivity index (χ3n) is 4.00. The fraction of sp³-hybridized carbons (Fsp3) is 0.368. The van der Waals surface area contributed by atoms with Gasteiger partial charge in [-0.2, -0.15) is 0 Å². The van der Waals surface area contributed by atoms with Gasteiger partial charge >= 0.3 is 0 Å². The lowest BCUT2D eigenvalue weighted by atomic mass is 10.0. The summed E-state index contributed by atoms with van der Waals surface area (Å²) < 4.78 is 0. The summed E-state index contributed by atoms with van der Waals surface area (Å²) in [6.45, 7) is 7.66. The van der Waals surface area contributed by atoms with Crippen LogP contribution in [0.5, 0.6) is 0 Å². The average Bonchev–Trinajstić information content (AvgIpc) is 2.52. The molecule has 0 atom stereocenters. The number of hydrogen-bond donors (Lipinski definition) is 0. The van der Waals surface area contributed by atoms with Crippen molar-refractivity contribution in [2.24, 2.45) is 0 Å². The van der Waals surface area contributed by atoms with Gasteiger partial charge in [0.05, 0.1) is 6.42 Å². The molecular weight excluding hydrogens is 272 g/mol. The molecule has 0 aliphatic carbocycles.